The third kappa shape index (κ3) is 3.32. The van der Waals surface area contributed by atoms with Crippen LogP contribution in [0.15, 0.2) is 47.4 Å². The van der Waals surface area contributed by atoms with Crippen molar-refractivity contribution in [2.45, 2.75) is 11.8 Å². The number of benzene rings is 2. The number of aromatic nitrogens is 2. The minimum atomic E-state index is -0.120. The smallest absolute Gasteiger partial charge is 0.234 e. The SMILES string of the molecule is Cc1nc2cc(NC(=O)CSc3ccccc3O)ccc2n1C. The number of fused-ring (bicyclic) bond motifs is 1. The van der Waals surface area contributed by atoms with Gasteiger partial charge in [-0.1, -0.05) is 12.1 Å². The predicted octanol–water partition coefficient (Wildman–Crippen LogP) is 3.32. The van der Waals surface area contributed by atoms with Crippen LogP contribution in [0.4, 0.5) is 5.69 Å². The third-order valence-electron chi connectivity index (χ3n) is 3.61. The molecular formula is C17H17N3O2S. The zero-order valence-electron chi connectivity index (χ0n) is 12.9. The van der Waals surface area contributed by atoms with Crippen molar-refractivity contribution in [3.63, 3.8) is 0 Å². The number of phenolic OH excluding ortho intramolecular Hbond substituents is 1. The highest BCUT2D eigenvalue weighted by Crippen LogP contribution is 2.27. The van der Waals surface area contributed by atoms with Gasteiger partial charge in [0.25, 0.3) is 0 Å². The molecule has 0 saturated carbocycles. The van der Waals surface area contributed by atoms with E-state index in [0.717, 1.165) is 22.5 Å². The van der Waals surface area contributed by atoms with Gasteiger partial charge < -0.3 is 15.0 Å². The highest BCUT2D eigenvalue weighted by molar-refractivity contribution is 8.00. The fraction of sp³-hybridized carbons (Fsp3) is 0.176. The first kappa shape index (κ1) is 15.4. The van der Waals surface area contributed by atoms with Gasteiger partial charge in [-0.3, -0.25) is 4.79 Å². The molecule has 0 radical (unpaired) electrons. The lowest BCUT2D eigenvalue weighted by Crippen LogP contribution is -2.13. The summed E-state index contributed by atoms with van der Waals surface area (Å²) < 4.78 is 2.01. The van der Waals surface area contributed by atoms with Crippen LogP contribution >= 0.6 is 11.8 Å². The predicted molar refractivity (Wildman–Crippen MR) is 92.9 cm³/mol. The highest BCUT2D eigenvalue weighted by Gasteiger charge is 2.09. The Balaban J connectivity index is 1.67. The van der Waals surface area contributed by atoms with E-state index in [0.29, 0.717) is 4.90 Å². The van der Waals surface area contributed by atoms with Crippen LogP contribution in [-0.2, 0) is 11.8 Å². The standard InChI is InChI=1S/C17H17N3O2S/c1-11-18-13-9-12(7-8-14(13)20(11)2)19-17(22)10-23-16-6-4-3-5-15(16)21/h3-9,21H,10H2,1-2H3,(H,19,22). The normalized spacial score (nSPS) is 10.9. The van der Waals surface area contributed by atoms with Gasteiger partial charge in [0.05, 0.1) is 16.8 Å². The number of rotatable bonds is 4. The Morgan fingerprint density at radius 3 is 2.87 bits per heavy atom. The Kier molecular flexibility index (Phi) is 4.25. The van der Waals surface area contributed by atoms with Crippen LogP contribution in [0, 0.1) is 6.92 Å². The molecule has 0 aliphatic carbocycles. The van der Waals surface area contributed by atoms with Crippen LogP contribution in [0.5, 0.6) is 5.75 Å². The average Bonchev–Trinajstić information content (AvgIpc) is 2.81. The Bertz CT molecular complexity index is 873. The maximum atomic E-state index is 12.1. The van der Waals surface area contributed by atoms with Crippen molar-refractivity contribution in [2.24, 2.45) is 7.05 Å². The molecule has 2 N–H and O–H groups in total. The second-order valence-electron chi connectivity index (χ2n) is 5.23. The minimum Gasteiger partial charge on any atom is -0.507 e. The summed E-state index contributed by atoms with van der Waals surface area (Å²) in [6, 6.07) is 12.7. The van der Waals surface area contributed by atoms with E-state index >= 15 is 0 Å². The van der Waals surface area contributed by atoms with E-state index in [2.05, 4.69) is 10.3 Å². The monoisotopic (exact) mass is 327 g/mol. The molecule has 0 aliphatic heterocycles. The van der Waals surface area contributed by atoms with E-state index in [1.54, 1.807) is 18.2 Å². The number of hydrogen-bond acceptors (Lipinski definition) is 4. The molecule has 2 aromatic carbocycles. The lowest BCUT2D eigenvalue weighted by Gasteiger charge is -2.06. The lowest BCUT2D eigenvalue weighted by molar-refractivity contribution is -0.113. The van der Waals surface area contributed by atoms with Gasteiger partial charge in [-0.05, 0) is 37.3 Å². The maximum Gasteiger partial charge on any atom is 0.234 e. The molecular weight excluding hydrogens is 310 g/mol. The number of nitrogens with one attached hydrogen (secondary N) is 1. The summed E-state index contributed by atoms with van der Waals surface area (Å²) in [6.45, 7) is 1.95. The number of hydrogen-bond donors (Lipinski definition) is 2. The Hall–Kier alpha value is -2.47. The van der Waals surface area contributed by atoms with Crippen molar-refractivity contribution in [2.75, 3.05) is 11.1 Å². The van der Waals surface area contributed by atoms with Gasteiger partial charge in [0.1, 0.15) is 11.6 Å². The average molecular weight is 327 g/mol. The second-order valence-corrected chi connectivity index (χ2v) is 6.24. The number of nitrogens with zero attached hydrogens (tertiary/aromatic N) is 2. The molecule has 0 aliphatic rings. The first-order chi connectivity index (χ1) is 11.0. The van der Waals surface area contributed by atoms with Crippen molar-refractivity contribution in [1.29, 1.82) is 0 Å². The van der Waals surface area contributed by atoms with Crippen molar-refractivity contribution in [1.82, 2.24) is 9.55 Å². The number of imidazole rings is 1. The van der Waals surface area contributed by atoms with E-state index in [-0.39, 0.29) is 17.4 Å². The number of carbonyl (C=O) groups excluding carboxylic acids is 1. The number of aryl methyl sites for hydroxylation is 2. The molecule has 5 nitrogen and oxygen atoms in total. The number of carbonyl (C=O) groups is 1. The number of amides is 1. The molecule has 0 unspecified atom stereocenters. The molecule has 0 saturated heterocycles. The summed E-state index contributed by atoms with van der Waals surface area (Å²) in [5.74, 6) is 1.23. The van der Waals surface area contributed by atoms with Crippen molar-refractivity contribution in [3.05, 3.63) is 48.3 Å². The number of phenols is 1. The summed E-state index contributed by atoms with van der Waals surface area (Å²) in [5.41, 5.74) is 2.61. The summed E-state index contributed by atoms with van der Waals surface area (Å²) in [6.07, 6.45) is 0. The van der Waals surface area contributed by atoms with E-state index in [4.69, 9.17) is 0 Å². The fourth-order valence-electron chi connectivity index (χ4n) is 2.32. The van der Waals surface area contributed by atoms with E-state index < -0.39 is 0 Å². The van der Waals surface area contributed by atoms with Crippen LogP contribution in [0.2, 0.25) is 0 Å². The molecule has 3 rings (SSSR count). The molecule has 1 aromatic heterocycles. The fourth-order valence-corrected chi connectivity index (χ4v) is 3.07. The zero-order valence-corrected chi connectivity index (χ0v) is 13.7. The molecule has 118 valence electrons. The van der Waals surface area contributed by atoms with Crippen molar-refractivity contribution >= 4 is 34.4 Å². The first-order valence-corrected chi connectivity index (χ1v) is 8.17. The third-order valence-corrected chi connectivity index (χ3v) is 4.67. The van der Waals surface area contributed by atoms with Gasteiger partial charge in [0, 0.05) is 17.6 Å². The summed E-state index contributed by atoms with van der Waals surface area (Å²) >= 11 is 1.30. The zero-order chi connectivity index (χ0) is 16.4. The quantitative estimate of drug-likeness (QED) is 0.721. The summed E-state index contributed by atoms with van der Waals surface area (Å²) in [7, 11) is 1.96. The van der Waals surface area contributed by atoms with E-state index in [1.807, 2.05) is 42.8 Å². The molecule has 1 heterocycles. The van der Waals surface area contributed by atoms with Gasteiger partial charge in [-0.2, -0.15) is 0 Å². The summed E-state index contributed by atoms with van der Waals surface area (Å²) in [5, 5.41) is 12.6. The maximum absolute atomic E-state index is 12.1. The number of anilines is 1. The van der Waals surface area contributed by atoms with Gasteiger partial charge in [-0.25, -0.2) is 4.98 Å². The highest BCUT2D eigenvalue weighted by atomic mass is 32.2. The number of para-hydroxylation sites is 1. The largest absolute Gasteiger partial charge is 0.507 e. The first-order valence-electron chi connectivity index (χ1n) is 7.18. The molecule has 0 bridgehead atoms. The molecule has 0 spiro atoms. The van der Waals surface area contributed by atoms with Gasteiger partial charge in [-0.15, -0.1) is 11.8 Å². The molecule has 0 atom stereocenters. The Labute approximate surface area is 138 Å². The van der Waals surface area contributed by atoms with Crippen LogP contribution in [-0.4, -0.2) is 26.3 Å². The van der Waals surface area contributed by atoms with Crippen molar-refractivity contribution in [3.8, 4) is 5.75 Å². The van der Waals surface area contributed by atoms with Crippen molar-refractivity contribution < 1.29 is 9.90 Å². The van der Waals surface area contributed by atoms with Crippen LogP contribution in [0.25, 0.3) is 11.0 Å². The van der Waals surface area contributed by atoms with E-state index in [9.17, 15) is 9.90 Å². The molecule has 1 amide bonds. The molecule has 3 aromatic rings. The molecule has 6 heteroatoms. The molecule has 0 fully saturated rings. The molecule has 23 heavy (non-hydrogen) atoms. The van der Waals surface area contributed by atoms with E-state index in [1.165, 1.54) is 11.8 Å². The van der Waals surface area contributed by atoms with Crippen LogP contribution < -0.4 is 5.32 Å². The second kappa shape index (κ2) is 6.34. The Morgan fingerprint density at radius 2 is 2.09 bits per heavy atom. The summed E-state index contributed by atoms with van der Waals surface area (Å²) in [4.78, 5) is 17.2. The Morgan fingerprint density at radius 1 is 1.30 bits per heavy atom. The van der Waals surface area contributed by atoms with Crippen LogP contribution in [0.3, 0.4) is 0 Å². The van der Waals surface area contributed by atoms with Crippen LogP contribution in [0.1, 0.15) is 5.82 Å². The number of thioether (sulfide) groups is 1. The minimum absolute atomic E-state index is 0.120. The number of aromatic hydroxyl groups is 1. The van der Waals surface area contributed by atoms with Gasteiger partial charge in [0.2, 0.25) is 5.91 Å². The lowest BCUT2D eigenvalue weighted by atomic mass is 10.2. The van der Waals surface area contributed by atoms with Gasteiger partial charge >= 0.3 is 0 Å². The van der Waals surface area contributed by atoms with Gasteiger partial charge in [0.15, 0.2) is 0 Å². The topological polar surface area (TPSA) is 67.2 Å².